The lowest BCUT2D eigenvalue weighted by atomic mass is 10.1. The third-order valence-electron chi connectivity index (χ3n) is 7.25. The fraction of sp³-hybridized carbons (Fsp3) is 0.393. The van der Waals surface area contributed by atoms with Gasteiger partial charge in [0.25, 0.3) is 23.6 Å². The molecule has 0 spiro atoms. The number of carbonyl (C=O) groups is 5. The molecule has 0 fully saturated rings. The van der Waals surface area contributed by atoms with Crippen molar-refractivity contribution in [2.24, 2.45) is 0 Å². The van der Waals surface area contributed by atoms with Crippen LogP contribution >= 0.6 is 92.8 Å². The van der Waals surface area contributed by atoms with Gasteiger partial charge in [-0.1, -0.05) is 119 Å². The van der Waals surface area contributed by atoms with Gasteiger partial charge in [0.2, 0.25) is 0 Å². The van der Waals surface area contributed by atoms with E-state index in [1.165, 1.54) is 0 Å². The fourth-order valence-corrected chi connectivity index (χ4v) is 7.03. The van der Waals surface area contributed by atoms with Crippen LogP contribution in [0.25, 0.3) is 0 Å². The third kappa shape index (κ3) is 6.26. The fourth-order valence-electron chi connectivity index (χ4n) is 5.01. The molecule has 236 valence electrons. The molecule has 4 rings (SSSR count). The van der Waals surface area contributed by atoms with Crippen LogP contribution in [0.2, 0.25) is 40.2 Å². The Hall–Kier alpha value is -1.49. The smallest absolute Gasteiger partial charge is 0.329 e. The summed E-state index contributed by atoms with van der Waals surface area (Å²) in [6, 6.07) is -1.37. The first-order chi connectivity index (χ1) is 20.8. The van der Waals surface area contributed by atoms with E-state index >= 15 is 0 Å². The molecule has 2 aromatic rings. The van der Waals surface area contributed by atoms with E-state index in [-0.39, 0.29) is 94.8 Å². The number of benzene rings is 2. The molecule has 2 heterocycles. The highest BCUT2D eigenvalue weighted by Gasteiger charge is 2.47. The SMILES string of the molecule is CCCCCCOC(=O)C(CCCCN1C(=O)c2c(Cl)c(Cl)c(Cl)c(Cl)c2C1=O)N1C(=O)c2c(Cl)c(Cl)c(Cl)c(Cl)c2C1=O. The van der Waals surface area contributed by atoms with E-state index in [1.54, 1.807) is 0 Å². The average Bonchev–Trinajstić information content (AvgIpc) is 3.40. The maximum absolute atomic E-state index is 13.5. The highest BCUT2D eigenvalue weighted by molar-refractivity contribution is 6.56. The number of esters is 1. The molecular formula is C28H22Cl8N2O6. The van der Waals surface area contributed by atoms with Gasteiger partial charge in [0.15, 0.2) is 0 Å². The van der Waals surface area contributed by atoms with Gasteiger partial charge >= 0.3 is 5.97 Å². The van der Waals surface area contributed by atoms with Crippen molar-refractivity contribution >= 4 is 122 Å². The molecule has 4 amide bonds. The number of fused-ring (bicyclic) bond motifs is 2. The minimum Gasteiger partial charge on any atom is -0.464 e. The topological polar surface area (TPSA) is 101 Å². The summed E-state index contributed by atoms with van der Waals surface area (Å²) >= 11 is 49.3. The van der Waals surface area contributed by atoms with Gasteiger partial charge in [0.05, 0.1) is 69.0 Å². The van der Waals surface area contributed by atoms with E-state index in [9.17, 15) is 24.0 Å². The van der Waals surface area contributed by atoms with Gasteiger partial charge in [-0.15, -0.1) is 0 Å². The summed E-state index contributed by atoms with van der Waals surface area (Å²) in [5.74, 6) is -4.01. The molecule has 0 saturated heterocycles. The summed E-state index contributed by atoms with van der Waals surface area (Å²) in [7, 11) is 0. The van der Waals surface area contributed by atoms with Crippen LogP contribution in [-0.2, 0) is 9.53 Å². The van der Waals surface area contributed by atoms with Gasteiger partial charge < -0.3 is 4.74 Å². The molecule has 0 bridgehead atoms. The number of carbonyl (C=O) groups excluding carboxylic acids is 5. The Morgan fingerprint density at radius 1 is 0.591 bits per heavy atom. The molecule has 1 atom stereocenters. The van der Waals surface area contributed by atoms with Crippen LogP contribution in [0.1, 0.15) is 93.3 Å². The van der Waals surface area contributed by atoms with Crippen LogP contribution in [0.5, 0.6) is 0 Å². The largest absolute Gasteiger partial charge is 0.464 e. The van der Waals surface area contributed by atoms with Crippen molar-refractivity contribution < 1.29 is 28.7 Å². The molecule has 0 aliphatic carbocycles. The predicted molar refractivity (Wildman–Crippen MR) is 172 cm³/mol. The number of hydrogen-bond donors (Lipinski definition) is 0. The Morgan fingerprint density at radius 2 is 1.02 bits per heavy atom. The Bertz CT molecular complexity index is 1500. The minimum absolute atomic E-state index is 0.0711. The van der Waals surface area contributed by atoms with Gasteiger partial charge in [0, 0.05) is 6.54 Å². The Labute approximate surface area is 292 Å². The van der Waals surface area contributed by atoms with E-state index in [0.717, 1.165) is 29.1 Å². The van der Waals surface area contributed by atoms with Crippen molar-refractivity contribution in [3.05, 3.63) is 62.4 Å². The third-order valence-corrected chi connectivity index (χ3v) is 10.9. The highest BCUT2D eigenvalue weighted by atomic mass is 35.5. The van der Waals surface area contributed by atoms with E-state index in [1.807, 2.05) is 6.92 Å². The van der Waals surface area contributed by atoms with Gasteiger partial charge in [-0.25, -0.2) is 4.79 Å². The molecule has 2 aliphatic heterocycles. The molecule has 0 aromatic heterocycles. The van der Waals surface area contributed by atoms with Gasteiger partial charge in [-0.05, 0) is 25.7 Å². The molecule has 2 aliphatic rings. The number of halogens is 8. The Balaban J connectivity index is 1.53. The second kappa shape index (κ2) is 14.5. The molecule has 44 heavy (non-hydrogen) atoms. The first-order valence-corrected chi connectivity index (χ1v) is 16.4. The van der Waals surface area contributed by atoms with Crippen LogP contribution in [0.3, 0.4) is 0 Å². The number of amides is 4. The number of rotatable bonds is 12. The van der Waals surface area contributed by atoms with E-state index in [4.69, 9.17) is 97.5 Å². The first-order valence-electron chi connectivity index (χ1n) is 13.4. The molecule has 1 unspecified atom stereocenters. The zero-order valence-corrected chi connectivity index (χ0v) is 28.9. The number of unbranched alkanes of at least 4 members (excludes halogenated alkanes) is 4. The standard InChI is InChI=1S/C28H22Cl8N2O6/c1-2-3-4-7-10-44-28(43)11(38-26(41)14-15(27(38)42)19(32)23(36)22(35)18(14)31)8-5-6-9-37-24(39)12-13(25(37)40)17(30)21(34)20(33)16(12)29/h11H,2-10H2,1H3. The Morgan fingerprint density at radius 3 is 1.45 bits per heavy atom. The van der Waals surface area contributed by atoms with Gasteiger partial charge in [-0.2, -0.15) is 0 Å². The molecule has 0 radical (unpaired) electrons. The summed E-state index contributed by atoms with van der Waals surface area (Å²) < 4.78 is 5.45. The molecule has 0 saturated carbocycles. The van der Waals surface area contributed by atoms with E-state index < -0.39 is 35.6 Å². The normalized spacial score (nSPS) is 14.9. The van der Waals surface area contributed by atoms with Crippen molar-refractivity contribution in [2.45, 2.75) is 57.9 Å². The summed E-state index contributed by atoms with van der Waals surface area (Å²) in [6.07, 6.45) is 3.62. The van der Waals surface area contributed by atoms with Gasteiger partial charge in [0.1, 0.15) is 6.04 Å². The second-order valence-corrected chi connectivity index (χ2v) is 13.0. The van der Waals surface area contributed by atoms with Crippen molar-refractivity contribution in [1.82, 2.24) is 9.80 Å². The summed E-state index contributed by atoms with van der Waals surface area (Å²) in [5.41, 5.74) is -0.849. The average molecular weight is 766 g/mol. The molecular weight excluding hydrogens is 744 g/mol. The zero-order valence-electron chi connectivity index (χ0n) is 22.8. The van der Waals surface area contributed by atoms with Crippen LogP contribution in [-0.4, -0.2) is 58.6 Å². The lowest BCUT2D eigenvalue weighted by Crippen LogP contribution is -2.46. The van der Waals surface area contributed by atoms with Crippen LogP contribution in [0.4, 0.5) is 0 Å². The van der Waals surface area contributed by atoms with Crippen molar-refractivity contribution in [3.63, 3.8) is 0 Å². The number of nitrogens with zero attached hydrogens (tertiary/aromatic N) is 2. The second-order valence-electron chi connectivity index (χ2n) is 9.99. The van der Waals surface area contributed by atoms with Crippen LogP contribution in [0.15, 0.2) is 0 Å². The maximum Gasteiger partial charge on any atom is 0.329 e. The zero-order chi connectivity index (χ0) is 32.6. The molecule has 16 heteroatoms. The summed E-state index contributed by atoms with van der Waals surface area (Å²) in [5, 5.41) is -1.65. The highest BCUT2D eigenvalue weighted by Crippen LogP contribution is 2.46. The predicted octanol–water partition coefficient (Wildman–Crippen LogP) is 9.47. The molecule has 2 aromatic carbocycles. The number of ether oxygens (including phenoxy) is 1. The van der Waals surface area contributed by atoms with Crippen LogP contribution < -0.4 is 0 Å². The monoisotopic (exact) mass is 762 g/mol. The quantitative estimate of drug-likeness (QED) is 0.0702. The van der Waals surface area contributed by atoms with Crippen molar-refractivity contribution in [2.75, 3.05) is 13.2 Å². The van der Waals surface area contributed by atoms with Crippen molar-refractivity contribution in [3.8, 4) is 0 Å². The van der Waals surface area contributed by atoms with E-state index in [2.05, 4.69) is 0 Å². The van der Waals surface area contributed by atoms with Gasteiger partial charge in [-0.3, -0.25) is 29.0 Å². The lowest BCUT2D eigenvalue weighted by molar-refractivity contribution is -0.148. The van der Waals surface area contributed by atoms with Crippen molar-refractivity contribution in [1.29, 1.82) is 0 Å². The molecule has 8 nitrogen and oxygen atoms in total. The first kappa shape index (κ1) is 35.4. The van der Waals surface area contributed by atoms with Crippen LogP contribution in [0, 0.1) is 0 Å². The number of imide groups is 2. The minimum atomic E-state index is -1.37. The van der Waals surface area contributed by atoms with E-state index in [0.29, 0.717) is 6.42 Å². The maximum atomic E-state index is 13.5. The number of hydrogen-bond acceptors (Lipinski definition) is 6. The lowest BCUT2D eigenvalue weighted by Gasteiger charge is -2.25. The molecule has 0 N–H and O–H groups in total. The Kier molecular flexibility index (Phi) is 11.7. The summed E-state index contributed by atoms with van der Waals surface area (Å²) in [4.78, 5) is 68.0. The summed E-state index contributed by atoms with van der Waals surface area (Å²) in [6.45, 7) is 2.02.